The number of nitrogens with zero attached hydrogens (tertiary/aromatic N) is 4. The number of carboxylic acid groups (broad SMARTS) is 1. The zero-order valence-electron chi connectivity index (χ0n) is 22.9. The third-order valence-electron chi connectivity index (χ3n) is 8.35. The number of benzene rings is 1. The van der Waals surface area contributed by atoms with Crippen molar-refractivity contribution in [1.29, 1.82) is 0 Å². The highest BCUT2D eigenvalue weighted by atomic mass is 19.4. The minimum atomic E-state index is -5.84. The monoisotopic (exact) mass is 634 g/mol. The Labute approximate surface area is 240 Å². The number of hydrogen-bond donors (Lipinski definition) is 1. The number of carbonyl (C=O) groups is 2. The number of aliphatic carboxylic acids is 1. The number of amides is 1. The smallest absolute Gasteiger partial charge is 0.434 e. The molecule has 4 rings (SSSR count). The first-order valence-corrected chi connectivity index (χ1v) is 13.6. The van der Waals surface area contributed by atoms with Gasteiger partial charge in [0.15, 0.2) is 0 Å². The van der Waals surface area contributed by atoms with Crippen LogP contribution in [0, 0.1) is 0 Å². The van der Waals surface area contributed by atoms with E-state index in [1.54, 1.807) is 4.90 Å². The second-order valence-corrected chi connectivity index (χ2v) is 11.1. The Morgan fingerprint density at radius 2 is 1.47 bits per heavy atom. The fourth-order valence-corrected chi connectivity index (χ4v) is 6.13. The van der Waals surface area contributed by atoms with Crippen LogP contribution < -0.4 is 4.90 Å². The second-order valence-electron chi connectivity index (χ2n) is 11.1. The molecule has 0 aromatic heterocycles. The summed E-state index contributed by atoms with van der Waals surface area (Å²) in [6.07, 6.45) is -19.6. The molecule has 1 aromatic carbocycles. The molecule has 3 fully saturated rings. The fourth-order valence-electron chi connectivity index (χ4n) is 6.13. The lowest BCUT2D eigenvalue weighted by molar-refractivity contribution is -0.308. The normalized spacial score (nSPS) is 20.7. The molecule has 1 aromatic rings. The van der Waals surface area contributed by atoms with Gasteiger partial charge in [-0.2, -0.15) is 39.5 Å². The number of rotatable bonds is 6. The number of anilines is 1. The molecule has 0 unspecified atom stereocenters. The summed E-state index contributed by atoms with van der Waals surface area (Å²) >= 11 is 0. The molecule has 3 aliphatic rings. The van der Waals surface area contributed by atoms with Gasteiger partial charge in [0.05, 0.1) is 12.1 Å². The van der Waals surface area contributed by atoms with E-state index in [0.717, 1.165) is 29.9 Å². The molecular weight excluding hydrogens is 603 g/mol. The molecule has 43 heavy (non-hydrogen) atoms. The molecule has 1 N–H and O–H groups in total. The lowest BCUT2D eigenvalue weighted by atomic mass is 9.84. The van der Waals surface area contributed by atoms with Crippen LogP contribution in [-0.2, 0) is 22.3 Å². The van der Waals surface area contributed by atoms with E-state index in [1.807, 2.05) is 9.80 Å². The Bertz CT molecular complexity index is 1140. The van der Waals surface area contributed by atoms with Crippen molar-refractivity contribution in [3.05, 3.63) is 29.3 Å². The van der Waals surface area contributed by atoms with Gasteiger partial charge in [-0.05, 0) is 49.9 Å². The quantitative estimate of drug-likeness (QED) is 0.443. The number of alkyl halides is 9. The first-order chi connectivity index (χ1) is 19.9. The van der Waals surface area contributed by atoms with E-state index < -0.39 is 42.3 Å². The third-order valence-corrected chi connectivity index (χ3v) is 8.35. The van der Waals surface area contributed by atoms with E-state index in [9.17, 15) is 54.2 Å². The number of hydrogen-bond acceptors (Lipinski definition) is 6. The summed E-state index contributed by atoms with van der Waals surface area (Å²) in [6, 6.07) is 3.34. The zero-order valence-corrected chi connectivity index (χ0v) is 22.9. The maximum atomic E-state index is 13.6. The zero-order chi connectivity index (χ0) is 31.8. The van der Waals surface area contributed by atoms with Gasteiger partial charge in [-0.1, -0.05) is 6.07 Å². The van der Waals surface area contributed by atoms with Crippen molar-refractivity contribution in [2.75, 3.05) is 57.3 Å². The summed E-state index contributed by atoms with van der Waals surface area (Å²) in [5, 5.41) is 9.28. The number of carboxylic acids is 1. The van der Waals surface area contributed by atoms with Crippen LogP contribution >= 0.6 is 0 Å². The summed E-state index contributed by atoms with van der Waals surface area (Å²) in [4.78, 5) is 29.6. The minimum absolute atomic E-state index is 0.0333. The van der Waals surface area contributed by atoms with Gasteiger partial charge in [-0.15, -0.1) is 0 Å². The van der Waals surface area contributed by atoms with Crippen molar-refractivity contribution in [1.82, 2.24) is 14.7 Å². The van der Waals surface area contributed by atoms with E-state index in [0.29, 0.717) is 43.7 Å². The number of likely N-dealkylation sites (tertiary alicyclic amines) is 1. The van der Waals surface area contributed by atoms with Crippen molar-refractivity contribution >= 4 is 17.7 Å². The number of ether oxygens (including phenoxy) is 1. The van der Waals surface area contributed by atoms with Gasteiger partial charge in [0, 0.05) is 57.0 Å². The Balaban J connectivity index is 1.43. The van der Waals surface area contributed by atoms with Crippen molar-refractivity contribution < 1.29 is 58.9 Å². The van der Waals surface area contributed by atoms with Gasteiger partial charge < -0.3 is 19.6 Å². The standard InChI is InChI=1S/C26H31F9N4O4/c27-24(28,29)18-3-2-17(19(14-18)37-8-5-23(6-9-37)4-1-7-39(23)16-20(40)41)15-36-10-12-38(13-11-36)22(42)43-21(25(30,31)32)26(33,34)35/h2-3,14,21H,1,4-13,15-16H2,(H,40,41). The predicted octanol–water partition coefficient (Wildman–Crippen LogP) is 4.97. The first-order valence-electron chi connectivity index (χ1n) is 13.6. The third kappa shape index (κ3) is 7.77. The van der Waals surface area contributed by atoms with Crippen LogP contribution in [0.2, 0.25) is 0 Å². The summed E-state index contributed by atoms with van der Waals surface area (Å²) < 4.78 is 121. The van der Waals surface area contributed by atoms with Crippen molar-refractivity contribution in [2.45, 2.75) is 62.4 Å². The summed E-state index contributed by atoms with van der Waals surface area (Å²) in [5.74, 6) is -0.947. The Hall–Kier alpha value is -2.95. The molecule has 17 heteroatoms. The van der Waals surface area contributed by atoms with Crippen LogP contribution in [0.25, 0.3) is 0 Å². The SMILES string of the molecule is O=C(O)CN1CCCC12CCN(c1cc(C(F)(F)F)ccc1CN1CCN(C(=O)OC(C(F)(F)F)C(F)(F)F)CC1)CC2. The van der Waals surface area contributed by atoms with Gasteiger partial charge in [0.2, 0.25) is 0 Å². The molecule has 3 saturated heterocycles. The molecule has 0 radical (unpaired) electrons. The number of piperidine rings is 1. The van der Waals surface area contributed by atoms with Crippen LogP contribution in [0.4, 0.5) is 50.0 Å². The summed E-state index contributed by atoms with van der Waals surface area (Å²) in [5.41, 5.74) is -0.314. The Morgan fingerprint density at radius 1 is 0.860 bits per heavy atom. The highest BCUT2D eigenvalue weighted by Gasteiger charge is 2.60. The first kappa shape index (κ1) is 33.0. The molecule has 0 aliphatic carbocycles. The van der Waals surface area contributed by atoms with Crippen molar-refractivity contribution in [2.24, 2.45) is 0 Å². The van der Waals surface area contributed by atoms with E-state index in [-0.39, 0.29) is 44.8 Å². The molecule has 3 heterocycles. The minimum Gasteiger partial charge on any atom is -0.480 e. The molecule has 1 spiro atoms. The van der Waals surface area contributed by atoms with E-state index in [4.69, 9.17) is 0 Å². The van der Waals surface area contributed by atoms with Gasteiger partial charge in [-0.3, -0.25) is 14.6 Å². The number of carbonyl (C=O) groups excluding carboxylic acids is 1. The number of halogens is 9. The topological polar surface area (TPSA) is 76.6 Å². The molecule has 0 saturated carbocycles. The summed E-state index contributed by atoms with van der Waals surface area (Å²) in [7, 11) is 0. The molecule has 8 nitrogen and oxygen atoms in total. The molecular formula is C26H31F9N4O4. The molecule has 3 aliphatic heterocycles. The Kier molecular flexibility index (Phi) is 9.36. The maximum Gasteiger partial charge on any atom is 0.434 e. The molecule has 242 valence electrons. The van der Waals surface area contributed by atoms with Crippen LogP contribution in [0.3, 0.4) is 0 Å². The maximum absolute atomic E-state index is 13.6. The van der Waals surface area contributed by atoms with Crippen LogP contribution in [0.15, 0.2) is 18.2 Å². The average Bonchev–Trinajstić information content (AvgIpc) is 3.26. The predicted molar refractivity (Wildman–Crippen MR) is 133 cm³/mol. The van der Waals surface area contributed by atoms with Crippen LogP contribution in [0.5, 0.6) is 0 Å². The van der Waals surface area contributed by atoms with E-state index >= 15 is 0 Å². The highest BCUT2D eigenvalue weighted by Crippen LogP contribution is 2.41. The van der Waals surface area contributed by atoms with Crippen LogP contribution in [-0.4, -0.2) is 108 Å². The van der Waals surface area contributed by atoms with Gasteiger partial charge in [0.25, 0.3) is 6.10 Å². The van der Waals surface area contributed by atoms with Gasteiger partial charge in [0.1, 0.15) is 0 Å². The molecule has 0 atom stereocenters. The lowest BCUT2D eigenvalue weighted by Gasteiger charge is -2.46. The largest absolute Gasteiger partial charge is 0.480 e. The fraction of sp³-hybridized carbons (Fsp3) is 0.692. The van der Waals surface area contributed by atoms with Gasteiger partial charge in [-0.25, -0.2) is 4.79 Å². The lowest BCUT2D eigenvalue weighted by Crippen LogP contribution is -2.53. The Morgan fingerprint density at radius 3 is 2.00 bits per heavy atom. The molecule has 0 bridgehead atoms. The highest BCUT2D eigenvalue weighted by molar-refractivity contribution is 5.69. The van der Waals surface area contributed by atoms with Crippen molar-refractivity contribution in [3.8, 4) is 0 Å². The second kappa shape index (κ2) is 12.2. The van der Waals surface area contributed by atoms with Crippen LogP contribution in [0.1, 0.15) is 36.8 Å². The average molecular weight is 635 g/mol. The number of piperazine rings is 1. The van der Waals surface area contributed by atoms with E-state index in [2.05, 4.69) is 4.74 Å². The van der Waals surface area contributed by atoms with Gasteiger partial charge >= 0.3 is 30.6 Å². The van der Waals surface area contributed by atoms with E-state index in [1.165, 1.54) is 6.07 Å². The summed E-state index contributed by atoms with van der Waals surface area (Å²) in [6.45, 7) is 1.00. The van der Waals surface area contributed by atoms with Crippen molar-refractivity contribution in [3.63, 3.8) is 0 Å². The molecule has 1 amide bonds.